The minimum atomic E-state index is -0.249. The van der Waals surface area contributed by atoms with Gasteiger partial charge in [0.25, 0.3) is 0 Å². The van der Waals surface area contributed by atoms with E-state index in [1.165, 1.54) is 44.2 Å². The molecule has 23 heavy (non-hydrogen) atoms. The second-order valence-corrected chi connectivity index (χ2v) is 6.95. The molecule has 0 amide bonds. The highest BCUT2D eigenvalue weighted by Gasteiger charge is 2.21. The molecule has 0 aliphatic heterocycles. The third-order valence-electron chi connectivity index (χ3n) is 4.24. The van der Waals surface area contributed by atoms with Gasteiger partial charge in [-0.15, -0.1) is 10.2 Å². The summed E-state index contributed by atoms with van der Waals surface area (Å²) in [5, 5.41) is 9.65. The van der Waals surface area contributed by atoms with Crippen molar-refractivity contribution in [3.8, 4) is 5.75 Å². The standard InChI is InChI=1S/C17H22FN3OS/c1-21-16(13-5-3-2-4-6-13)19-20-17(21)23-12-11-22-15-9-7-14(18)8-10-15/h7-10,13H,2-6,11-12H2,1H3. The van der Waals surface area contributed by atoms with Gasteiger partial charge >= 0.3 is 0 Å². The summed E-state index contributed by atoms with van der Waals surface area (Å²) in [4.78, 5) is 0. The van der Waals surface area contributed by atoms with Crippen LogP contribution in [-0.4, -0.2) is 27.1 Å². The molecule has 0 radical (unpaired) electrons. The SMILES string of the molecule is Cn1c(SCCOc2ccc(F)cc2)nnc1C1CCCCC1. The molecule has 1 aromatic heterocycles. The molecule has 1 aliphatic rings. The molecule has 4 nitrogen and oxygen atoms in total. The van der Waals surface area contributed by atoms with Crippen LogP contribution in [0.1, 0.15) is 43.8 Å². The van der Waals surface area contributed by atoms with Crippen LogP contribution >= 0.6 is 11.8 Å². The topological polar surface area (TPSA) is 39.9 Å². The zero-order chi connectivity index (χ0) is 16.1. The number of rotatable bonds is 6. The maximum atomic E-state index is 12.8. The van der Waals surface area contributed by atoms with Crippen LogP contribution in [0.15, 0.2) is 29.4 Å². The Morgan fingerprint density at radius 2 is 1.91 bits per heavy atom. The molecule has 3 rings (SSSR count). The van der Waals surface area contributed by atoms with Gasteiger partial charge < -0.3 is 9.30 Å². The third kappa shape index (κ3) is 4.25. The second-order valence-electron chi connectivity index (χ2n) is 5.89. The molecule has 124 valence electrons. The van der Waals surface area contributed by atoms with Crippen LogP contribution in [0.5, 0.6) is 5.75 Å². The van der Waals surface area contributed by atoms with E-state index in [9.17, 15) is 4.39 Å². The van der Waals surface area contributed by atoms with Crippen LogP contribution in [0.3, 0.4) is 0 Å². The van der Waals surface area contributed by atoms with Crippen LogP contribution in [0.4, 0.5) is 4.39 Å². The Morgan fingerprint density at radius 3 is 2.65 bits per heavy atom. The highest BCUT2D eigenvalue weighted by molar-refractivity contribution is 7.99. The van der Waals surface area contributed by atoms with Crippen molar-refractivity contribution < 1.29 is 9.13 Å². The first-order valence-electron chi connectivity index (χ1n) is 8.14. The number of aromatic nitrogens is 3. The van der Waals surface area contributed by atoms with Gasteiger partial charge in [-0.3, -0.25) is 0 Å². The van der Waals surface area contributed by atoms with Crippen molar-refractivity contribution in [2.45, 2.75) is 43.2 Å². The largest absolute Gasteiger partial charge is 0.493 e. The number of nitrogens with zero attached hydrogens (tertiary/aromatic N) is 3. The van der Waals surface area contributed by atoms with Crippen molar-refractivity contribution in [1.29, 1.82) is 0 Å². The zero-order valence-corrected chi connectivity index (χ0v) is 14.2. The van der Waals surface area contributed by atoms with Crippen LogP contribution in [-0.2, 0) is 7.05 Å². The summed E-state index contributed by atoms with van der Waals surface area (Å²) in [6, 6.07) is 6.09. The average molecular weight is 335 g/mol. The van der Waals surface area contributed by atoms with Gasteiger partial charge in [0.2, 0.25) is 0 Å². The van der Waals surface area contributed by atoms with Crippen LogP contribution in [0.2, 0.25) is 0 Å². The number of thioether (sulfide) groups is 1. The summed E-state index contributed by atoms with van der Waals surface area (Å²) in [5.41, 5.74) is 0. The first-order chi connectivity index (χ1) is 11.2. The molecule has 1 aromatic carbocycles. The zero-order valence-electron chi connectivity index (χ0n) is 13.4. The van der Waals surface area contributed by atoms with E-state index in [0.717, 1.165) is 16.7 Å². The van der Waals surface area contributed by atoms with Crippen molar-refractivity contribution in [1.82, 2.24) is 14.8 Å². The summed E-state index contributed by atoms with van der Waals surface area (Å²) in [5.74, 6) is 2.90. The highest BCUT2D eigenvalue weighted by Crippen LogP contribution is 2.32. The van der Waals surface area contributed by atoms with Gasteiger partial charge in [-0.25, -0.2) is 4.39 Å². The predicted molar refractivity (Wildman–Crippen MR) is 89.4 cm³/mol. The minimum Gasteiger partial charge on any atom is -0.493 e. The number of benzene rings is 1. The summed E-state index contributed by atoms with van der Waals surface area (Å²) < 4.78 is 20.5. The average Bonchev–Trinajstić information content (AvgIpc) is 2.95. The van der Waals surface area contributed by atoms with E-state index < -0.39 is 0 Å². The van der Waals surface area contributed by atoms with Crippen LogP contribution in [0, 0.1) is 5.82 Å². The van der Waals surface area contributed by atoms with E-state index in [-0.39, 0.29) is 5.82 Å². The molecule has 1 aliphatic carbocycles. The number of ether oxygens (including phenoxy) is 1. The molecular weight excluding hydrogens is 313 g/mol. The maximum absolute atomic E-state index is 12.8. The third-order valence-corrected chi connectivity index (χ3v) is 5.22. The molecule has 0 unspecified atom stereocenters. The molecule has 0 spiro atoms. The summed E-state index contributed by atoms with van der Waals surface area (Å²) in [7, 11) is 2.05. The fourth-order valence-electron chi connectivity index (χ4n) is 2.99. The van der Waals surface area contributed by atoms with E-state index in [4.69, 9.17) is 4.74 Å². The van der Waals surface area contributed by atoms with Gasteiger partial charge in [0.1, 0.15) is 17.4 Å². The smallest absolute Gasteiger partial charge is 0.191 e. The Kier molecular flexibility index (Phi) is 5.54. The van der Waals surface area contributed by atoms with Gasteiger partial charge in [0.05, 0.1) is 6.61 Å². The summed E-state index contributed by atoms with van der Waals surface area (Å²) >= 11 is 1.64. The monoisotopic (exact) mass is 335 g/mol. The summed E-state index contributed by atoms with van der Waals surface area (Å²) in [6.45, 7) is 0.557. The van der Waals surface area contributed by atoms with Crippen molar-refractivity contribution in [2.24, 2.45) is 7.05 Å². The minimum absolute atomic E-state index is 0.249. The molecule has 1 fully saturated rings. The lowest BCUT2D eigenvalue weighted by Crippen LogP contribution is -2.10. The molecule has 0 saturated heterocycles. The fourth-order valence-corrected chi connectivity index (χ4v) is 3.73. The van der Waals surface area contributed by atoms with Gasteiger partial charge in [0, 0.05) is 18.7 Å². The van der Waals surface area contributed by atoms with Gasteiger partial charge in [-0.2, -0.15) is 0 Å². The fraction of sp³-hybridized carbons (Fsp3) is 0.529. The lowest BCUT2D eigenvalue weighted by atomic mass is 9.89. The normalized spacial score (nSPS) is 15.7. The van der Waals surface area contributed by atoms with Crippen molar-refractivity contribution in [2.75, 3.05) is 12.4 Å². The Morgan fingerprint density at radius 1 is 1.17 bits per heavy atom. The molecule has 0 bridgehead atoms. The van der Waals surface area contributed by atoms with Crippen LogP contribution < -0.4 is 4.74 Å². The van der Waals surface area contributed by atoms with Gasteiger partial charge in [-0.05, 0) is 37.1 Å². The molecular formula is C17H22FN3OS. The van der Waals surface area contributed by atoms with Crippen molar-refractivity contribution in [3.05, 3.63) is 35.9 Å². The van der Waals surface area contributed by atoms with E-state index in [1.807, 2.05) is 7.05 Å². The Balaban J connectivity index is 1.48. The van der Waals surface area contributed by atoms with Crippen molar-refractivity contribution in [3.63, 3.8) is 0 Å². The van der Waals surface area contributed by atoms with Gasteiger partial charge in [0.15, 0.2) is 5.16 Å². The molecule has 2 aromatic rings. The maximum Gasteiger partial charge on any atom is 0.191 e. The van der Waals surface area contributed by atoms with E-state index in [1.54, 1.807) is 23.9 Å². The first kappa shape index (κ1) is 16.3. The van der Waals surface area contributed by atoms with E-state index in [0.29, 0.717) is 18.3 Å². The number of hydrogen-bond acceptors (Lipinski definition) is 4. The Labute approximate surface area is 140 Å². The molecule has 1 heterocycles. The van der Waals surface area contributed by atoms with E-state index in [2.05, 4.69) is 14.8 Å². The highest BCUT2D eigenvalue weighted by atomic mass is 32.2. The van der Waals surface area contributed by atoms with Gasteiger partial charge in [-0.1, -0.05) is 31.0 Å². The number of hydrogen-bond donors (Lipinski definition) is 0. The lowest BCUT2D eigenvalue weighted by Gasteiger charge is -2.20. The second kappa shape index (κ2) is 7.81. The Hall–Kier alpha value is -1.56. The Bertz CT molecular complexity index is 623. The lowest BCUT2D eigenvalue weighted by molar-refractivity contribution is 0.343. The van der Waals surface area contributed by atoms with E-state index >= 15 is 0 Å². The molecule has 1 saturated carbocycles. The first-order valence-corrected chi connectivity index (χ1v) is 9.13. The van der Waals surface area contributed by atoms with Crippen molar-refractivity contribution >= 4 is 11.8 Å². The predicted octanol–water partition coefficient (Wildman–Crippen LogP) is 4.17. The molecule has 0 atom stereocenters. The molecule has 0 N–H and O–H groups in total. The molecule has 6 heteroatoms. The quantitative estimate of drug-likeness (QED) is 0.587. The number of halogens is 1. The summed E-state index contributed by atoms with van der Waals surface area (Å²) in [6.07, 6.45) is 6.39. The van der Waals surface area contributed by atoms with Crippen LogP contribution in [0.25, 0.3) is 0 Å².